The normalized spacial score (nSPS) is 18.2. The van der Waals surface area contributed by atoms with Gasteiger partial charge in [0.1, 0.15) is 17.5 Å². The fourth-order valence-corrected chi connectivity index (χ4v) is 3.51. The number of hydrogen-bond donors (Lipinski definition) is 4. The van der Waals surface area contributed by atoms with Gasteiger partial charge in [0.25, 0.3) is 5.91 Å². The number of nitrogens with zero attached hydrogens (tertiary/aromatic N) is 3. The lowest BCUT2D eigenvalue weighted by atomic mass is 9.80. The van der Waals surface area contributed by atoms with E-state index in [0.717, 1.165) is 0 Å². The van der Waals surface area contributed by atoms with Crippen LogP contribution in [0, 0.1) is 0 Å². The first kappa shape index (κ1) is 23.4. The second-order valence-electron chi connectivity index (χ2n) is 7.65. The van der Waals surface area contributed by atoms with E-state index in [1.165, 1.54) is 31.2 Å². The topological polar surface area (TPSA) is 150 Å². The van der Waals surface area contributed by atoms with E-state index < -0.39 is 24.6 Å². The Morgan fingerprint density at radius 2 is 2.06 bits per heavy atom. The van der Waals surface area contributed by atoms with Crippen molar-refractivity contribution in [3.8, 4) is 0 Å². The Morgan fingerprint density at radius 3 is 2.72 bits per heavy atom. The van der Waals surface area contributed by atoms with Crippen molar-refractivity contribution < 1.29 is 24.1 Å². The average Bonchev–Trinajstić information content (AvgIpc) is 3.30. The predicted octanol–water partition coefficient (Wildman–Crippen LogP) is 0.820. The van der Waals surface area contributed by atoms with Gasteiger partial charge in [0.05, 0.1) is 17.9 Å². The van der Waals surface area contributed by atoms with Gasteiger partial charge in [-0.3, -0.25) is 14.6 Å². The van der Waals surface area contributed by atoms with Crippen molar-refractivity contribution in [1.29, 1.82) is 0 Å². The highest BCUT2D eigenvalue weighted by Crippen LogP contribution is 2.25. The molecule has 0 bridgehead atoms. The molecule has 0 fully saturated rings. The Hall–Kier alpha value is -3.31. The number of nitrogens with one attached hydrogen (secondary N) is 2. The van der Waals surface area contributed by atoms with Crippen molar-refractivity contribution in [1.82, 2.24) is 25.6 Å². The molecule has 2 aromatic heterocycles. The summed E-state index contributed by atoms with van der Waals surface area (Å²) in [5.41, 5.74) is -0.538. The summed E-state index contributed by atoms with van der Waals surface area (Å²) < 4.78 is 5.28. The highest BCUT2D eigenvalue weighted by molar-refractivity contribution is 6.40. The molecule has 2 heterocycles. The minimum Gasteiger partial charge on any atom is -0.448 e. The minimum atomic E-state index is -1.34. The van der Waals surface area contributed by atoms with Gasteiger partial charge in [0.15, 0.2) is 6.39 Å². The third kappa shape index (κ3) is 6.86. The molecule has 0 radical (unpaired) electrons. The van der Waals surface area contributed by atoms with Crippen molar-refractivity contribution >= 4 is 18.9 Å². The van der Waals surface area contributed by atoms with E-state index in [1.54, 1.807) is 0 Å². The average molecular weight is 439 g/mol. The number of rotatable bonds is 11. The molecule has 32 heavy (non-hydrogen) atoms. The zero-order chi connectivity index (χ0) is 22.8. The zero-order valence-electron chi connectivity index (χ0n) is 17.6. The van der Waals surface area contributed by atoms with Crippen molar-refractivity contribution in [3.63, 3.8) is 0 Å². The van der Waals surface area contributed by atoms with Crippen LogP contribution in [0.15, 0.2) is 59.9 Å². The third-order valence-electron chi connectivity index (χ3n) is 5.16. The van der Waals surface area contributed by atoms with Gasteiger partial charge in [-0.2, -0.15) is 0 Å². The van der Waals surface area contributed by atoms with Crippen LogP contribution in [-0.4, -0.2) is 55.5 Å². The van der Waals surface area contributed by atoms with Gasteiger partial charge < -0.3 is 25.1 Å². The van der Waals surface area contributed by atoms with Crippen LogP contribution >= 0.6 is 0 Å². The van der Waals surface area contributed by atoms with Crippen LogP contribution in [-0.2, 0) is 11.2 Å². The Balaban J connectivity index is 1.72. The molecule has 1 unspecified atom stereocenters. The molecule has 2 amide bonds. The number of carbonyl (C=O) groups is 2. The SMILES string of the molecule is O=C(NC(Cc1cnco1)C(=O)N[C@@]1(CCCCB(O)O)C=CC=CC1)c1cnccn1. The fraction of sp³-hybridized carbons (Fsp3) is 0.381. The summed E-state index contributed by atoms with van der Waals surface area (Å²) >= 11 is 0. The maximum absolute atomic E-state index is 13.3. The Kier molecular flexibility index (Phi) is 8.29. The maximum Gasteiger partial charge on any atom is 0.451 e. The first-order valence-electron chi connectivity index (χ1n) is 10.4. The quantitative estimate of drug-likeness (QED) is 0.297. The molecule has 4 N–H and O–H groups in total. The summed E-state index contributed by atoms with van der Waals surface area (Å²) in [5, 5.41) is 23.9. The highest BCUT2D eigenvalue weighted by Gasteiger charge is 2.33. The van der Waals surface area contributed by atoms with Crippen molar-refractivity contribution in [3.05, 3.63) is 66.9 Å². The molecular weight excluding hydrogens is 413 g/mol. The summed E-state index contributed by atoms with van der Waals surface area (Å²) in [6.07, 6.45) is 17.5. The van der Waals surface area contributed by atoms with Crippen molar-refractivity contribution in [2.75, 3.05) is 0 Å². The fourth-order valence-electron chi connectivity index (χ4n) is 3.51. The van der Waals surface area contributed by atoms with Crippen LogP contribution in [0.5, 0.6) is 0 Å². The number of allylic oxidation sites excluding steroid dienone is 2. The first-order valence-corrected chi connectivity index (χ1v) is 10.4. The summed E-state index contributed by atoms with van der Waals surface area (Å²) in [6.45, 7) is 0. The van der Waals surface area contributed by atoms with Crippen molar-refractivity contribution in [2.24, 2.45) is 0 Å². The lowest BCUT2D eigenvalue weighted by Crippen LogP contribution is -2.55. The third-order valence-corrected chi connectivity index (χ3v) is 5.16. The van der Waals surface area contributed by atoms with Crippen LogP contribution in [0.1, 0.15) is 41.9 Å². The van der Waals surface area contributed by atoms with E-state index in [2.05, 4.69) is 25.6 Å². The van der Waals surface area contributed by atoms with Gasteiger partial charge in [-0.15, -0.1) is 0 Å². The standard InChI is InChI=1S/C21H26BN5O5/c28-19(18-14-23-10-11-25-18)26-17(12-16-13-24-15-32-16)20(29)27-21(6-2-1-3-7-21)8-4-5-9-22(30)31/h1-3,6,10-11,13-15,17,30-31H,4-5,7-9,12H2,(H,26,28)(H,27,29)/t17?,21-/m0/s1. The summed E-state index contributed by atoms with van der Waals surface area (Å²) in [5.74, 6) is -0.446. The first-order chi connectivity index (χ1) is 15.5. The van der Waals surface area contributed by atoms with E-state index in [0.29, 0.717) is 31.4 Å². The predicted molar refractivity (Wildman–Crippen MR) is 116 cm³/mol. The van der Waals surface area contributed by atoms with Crippen LogP contribution in [0.4, 0.5) is 0 Å². The van der Waals surface area contributed by atoms with Crippen LogP contribution in [0.2, 0.25) is 6.32 Å². The van der Waals surface area contributed by atoms with E-state index >= 15 is 0 Å². The number of amides is 2. The molecule has 0 aliphatic heterocycles. The van der Waals surface area contributed by atoms with E-state index in [1.807, 2.05) is 24.3 Å². The number of hydrogen-bond acceptors (Lipinski definition) is 8. The molecule has 10 nitrogen and oxygen atoms in total. The maximum atomic E-state index is 13.3. The molecule has 0 aromatic carbocycles. The smallest absolute Gasteiger partial charge is 0.448 e. The Bertz CT molecular complexity index is 935. The van der Waals surface area contributed by atoms with E-state index in [-0.39, 0.29) is 24.3 Å². The minimum absolute atomic E-state index is 0.0978. The monoisotopic (exact) mass is 439 g/mol. The van der Waals surface area contributed by atoms with Crippen molar-refractivity contribution in [2.45, 2.75) is 50.0 Å². The van der Waals surface area contributed by atoms with Gasteiger partial charge in [0.2, 0.25) is 5.91 Å². The Morgan fingerprint density at radius 1 is 1.19 bits per heavy atom. The summed E-state index contributed by atoms with van der Waals surface area (Å²) in [4.78, 5) is 37.6. The van der Waals surface area contributed by atoms with Gasteiger partial charge in [-0.25, -0.2) is 9.97 Å². The molecule has 1 aliphatic rings. The molecule has 2 atom stereocenters. The van der Waals surface area contributed by atoms with Gasteiger partial charge in [-0.05, 0) is 19.2 Å². The molecule has 11 heteroatoms. The molecule has 0 saturated carbocycles. The van der Waals surface area contributed by atoms with Crippen LogP contribution in [0.25, 0.3) is 0 Å². The molecule has 0 saturated heterocycles. The second kappa shape index (κ2) is 11.4. The summed E-state index contributed by atoms with van der Waals surface area (Å²) in [6, 6.07) is -0.923. The number of unbranched alkanes of at least 4 members (excludes halogenated alkanes) is 1. The molecule has 168 valence electrons. The molecular formula is C21H26BN5O5. The highest BCUT2D eigenvalue weighted by atomic mass is 16.4. The van der Waals surface area contributed by atoms with E-state index in [9.17, 15) is 9.59 Å². The molecule has 1 aliphatic carbocycles. The largest absolute Gasteiger partial charge is 0.451 e. The Labute approximate surface area is 186 Å². The van der Waals surface area contributed by atoms with E-state index in [4.69, 9.17) is 14.5 Å². The number of oxazole rings is 1. The molecule has 2 aromatic rings. The van der Waals surface area contributed by atoms with Crippen LogP contribution < -0.4 is 10.6 Å². The molecule has 3 rings (SSSR count). The lowest BCUT2D eigenvalue weighted by Gasteiger charge is -2.34. The summed E-state index contributed by atoms with van der Waals surface area (Å²) in [7, 11) is -1.34. The van der Waals surface area contributed by atoms with Gasteiger partial charge in [0, 0.05) is 18.8 Å². The number of aromatic nitrogens is 3. The van der Waals surface area contributed by atoms with Gasteiger partial charge >= 0.3 is 7.12 Å². The van der Waals surface area contributed by atoms with Crippen LogP contribution in [0.3, 0.4) is 0 Å². The molecule has 0 spiro atoms. The zero-order valence-corrected chi connectivity index (χ0v) is 17.6. The van der Waals surface area contributed by atoms with Gasteiger partial charge in [-0.1, -0.05) is 37.1 Å². The number of carbonyl (C=O) groups excluding carboxylic acids is 2. The second-order valence-corrected chi connectivity index (χ2v) is 7.65. The lowest BCUT2D eigenvalue weighted by molar-refractivity contribution is -0.124.